The number of aromatic nitrogens is 1. The van der Waals surface area contributed by atoms with Crippen LogP contribution in [0.5, 0.6) is 5.75 Å². The summed E-state index contributed by atoms with van der Waals surface area (Å²) >= 11 is 0. The molecule has 36 heavy (non-hydrogen) atoms. The average molecular weight is 507 g/mol. The molecular formula is C26H26N4O5S. The van der Waals surface area contributed by atoms with Crippen molar-refractivity contribution < 1.29 is 18.3 Å². The highest BCUT2D eigenvalue weighted by atomic mass is 32.2. The van der Waals surface area contributed by atoms with Crippen LogP contribution in [0.1, 0.15) is 48.0 Å². The highest BCUT2D eigenvalue weighted by Crippen LogP contribution is 2.35. The number of nitrogens with zero attached hydrogens (tertiary/aromatic N) is 3. The topological polar surface area (TPSA) is 121 Å². The van der Waals surface area contributed by atoms with E-state index in [1.165, 1.54) is 12.1 Å². The number of aryl methyl sites for hydroxylation is 1. The number of rotatable bonds is 5. The van der Waals surface area contributed by atoms with Crippen molar-refractivity contribution in [1.29, 1.82) is 0 Å². The number of carbonyl (C=O) groups is 1. The quantitative estimate of drug-likeness (QED) is 0.548. The van der Waals surface area contributed by atoms with Gasteiger partial charge in [-0.05, 0) is 55.5 Å². The average Bonchev–Trinajstić information content (AvgIpc) is 3.53. The Morgan fingerprint density at radius 1 is 1.11 bits per heavy atom. The van der Waals surface area contributed by atoms with Crippen LogP contribution >= 0.6 is 0 Å². The molecule has 1 amide bonds. The molecule has 6 rings (SSSR count). The summed E-state index contributed by atoms with van der Waals surface area (Å²) in [5, 5.41) is 14.4. The zero-order valence-electron chi connectivity index (χ0n) is 19.6. The van der Waals surface area contributed by atoms with Crippen molar-refractivity contribution in [3.05, 3.63) is 63.9 Å². The van der Waals surface area contributed by atoms with E-state index in [4.69, 9.17) is 0 Å². The van der Waals surface area contributed by atoms with Gasteiger partial charge in [-0.1, -0.05) is 25.0 Å². The molecule has 3 heterocycles. The van der Waals surface area contributed by atoms with Crippen LogP contribution in [0.4, 0.5) is 5.69 Å². The molecule has 9 nitrogen and oxygen atoms in total. The minimum atomic E-state index is -4.24. The van der Waals surface area contributed by atoms with Crippen LogP contribution in [0, 0.1) is 5.92 Å². The first-order valence-corrected chi connectivity index (χ1v) is 13.7. The number of nitrogens with one attached hydrogen (secondary N) is 1. The molecule has 3 aliphatic rings. The summed E-state index contributed by atoms with van der Waals surface area (Å²) in [4.78, 5) is 28.0. The lowest BCUT2D eigenvalue weighted by Crippen LogP contribution is -2.33. The molecule has 1 aliphatic carbocycles. The summed E-state index contributed by atoms with van der Waals surface area (Å²) in [5.41, 5.74) is 0.382. The van der Waals surface area contributed by atoms with Crippen LogP contribution in [-0.2, 0) is 16.6 Å². The Balaban J connectivity index is 1.44. The number of anilines is 1. The van der Waals surface area contributed by atoms with Crippen LogP contribution in [0.25, 0.3) is 10.9 Å². The monoisotopic (exact) mass is 506 g/mol. The van der Waals surface area contributed by atoms with Crippen molar-refractivity contribution in [1.82, 2.24) is 9.47 Å². The number of amides is 1. The standard InChI is InChI=1S/C26H26N4O5S/c31-23-18-5-1-2-6-20(18)30(14-11-16-7-8-16)26(33)22(23)24-27-19-10-9-17(15-21(19)36(34,35)28-24)25(32)29-12-3-4-13-29/h1-2,5-6,9-10,15-16,31H,3-4,7-8,11-14H2,(H,27,28). The lowest BCUT2D eigenvalue weighted by atomic mass is 10.1. The van der Waals surface area contributed by atoms with Crippen LogP contribution < -0.4 is 10.9 Å². The van der Waals surface area contributed by atoms with Crippen molar-refractivity contribution in [2.24, 2.45) is 10.3 Å². The lowest BCUT2D eigenvalue weighted by molar-refractivity contribution is 0.0792. The van der Waals surface area contributed by atoms with E-state index in [-0.39, 0.29) is 39.2 Å². The van der Waals surface area contributed by atoms with Gasteiger partial charge in [0.2, 0.25) is 0 Å². The number of fused-ring (bicyclic) bond motifs is 2. The second-order valence-corrected chi connectivity index (χ2v) is 11.3. The lowest BCUT2D eigenvalue weighted by Gasteiger charge is -2.22. The fourth-order valence-electron chi connectivity index (χ4n) is 5.05. The molecule has 0 bridgehead atoms. The molecule has 1 saturated heterocycles. The van der Waals surface area contributed by atoms with E-state index in [0.29, 0.717) is 36.5 Å². The van der Waals surface area contributed by atoms with Crippen molar-refractivity contribution in [2.75, 3.05) is 18.4 Å². The van der Waals surface area contributed by atoms with Crippen LogP contribution in [-0.4, -0.2) is 47.8 Å². The third-order valence-corrected chi connectivity index (χ3v) is 8.52. The van der Waals surface area contributed by atoms with E-state index in [1.54, 1.807) is 39.8 Å². The summed E-state index contributed by atoms with van der Waals surface area (Å²) in [5.74, 6) is -0.174. The number of sulfonamides is 1. The maximum absolute atomic E-state index is 13.6. The van der Waals surface area contributed by atoms with E-state index >= 15 is 0 Å². The van der Waals surface area contributed by atoms with Gasteiger partial charge in [0.1, 0.15) is 16.2 Å². The second kappa shape index (κ2) is 8.48. The van der Waals surface area contributed by atoms with E-state index in [2.05, 4.69) is 9.71 Å². The second-order valence-electron chi connectivity index (χ2n) is 9.68. The molecule has 3 aromatic rings. The Kier molecular flexibility index (Phi) is 5.36. The van der Waals surface area contributed by atoms with E-state index < -0.39 is 15.6 Å². The molecule has 0 atom stereocenters. The van der Waals surface area contributed by atoms with Crippen molar-refractivity contribution in [2.45, 2.75) is 43.5 Å². The SMILES string of the molecule is O=C(c1ccc2c(c1)S(=O)(=O)N=C(c1c(O)c3ccccc3n(CCC3CC3)c1=O)N2)N1CCCC1. The Morgan fingerprint density at radius 3 is 2.61 bits per heavy atom. The Morgan fingerprint density at radius 2 is 1.86 bits per heavy atom. The van der Waals surface area contributed by atoms with Crippen LogP contribution in [0.3, 0.4) is 0 Å². The maximum Gasteiger partial charge on any atom is 0.286 e. The Hall–Kier alpha value is -3.66. The predicted molar refractivity (Wildman–Crippen MR) is 136 cm³/mol. The van der Waals surface area contributed by atoms with Gasteiger partial charge in [-0.25, -0.2) is 0 Å². The first-order valence-electron chi connectivity index (χ1n) is 12.2. The minimum Gasteiger partial charge on any atom is -0.506 e. The van der Waals surface area contributed by atoms with Gasteiger partial charge in [-0.15, -0.1) is 4.40 Å². The molecule has 2 fully saturated rings. The number of benzene rings is 2. The first kappa shape index (κ1) is 22.8. The summed E-state index contributed by atoms with van der Waals surface area (Å²) in [7, 11) is -4.24. The number of carbonyl (C=O) groups excluding carboxylic acids is 1. The summed E-state index contributed by atoms with van der Waals surface area (Å²) in [6.07, 6.45) is 4.98. The van der Waals surface area contributed by atoms with Gasteiger partial charge < -0.3 is 19.9 Å². The molecule has 2 aromatic carbocycles. The molecule has 1 saturated carbocycles. The van der Waals surface area contributed by atoms with E-state index in [0.717, 1.165) is 32.1 Å². The number of para-hydroxylation sites is 1. The molecule has 0 unspecified atom stereocenters. The van der Waals surface area contributed by atoms with Gasteiger partial charge in [-0.3, -0.25) is 9.59 Å². The fraction of sp³-hybridized carbons (Fsp3) is 0.346. The molecule has 186 valence electrons. The summed E-state index contributed by atoms with van der Waals surface area (Å²) in [6, 6.07) is 11.4. The molecule has 1 aromatic heterocycles. The molecule has 2 aliphatic heterocycles. The number of aromatic hydroxyl groups is 1. The largest absolute Gasteiger partial charge is 0.506 e. The number of likely N-dealkylation sites (tertiary alicyclic amines) is 1. The van der Waals surface area contributed by atoms with Gasteiger partial charge in [-0.2, -0.15) is 8.42 Å². The van der Waals surface area contributed by atoms with Gasteiger partial charge in [0, 0.05) is 30.6 Å². The number of hydrogen-bond donors (Lipinski definition) is 2. The predicted octanol–water partition coefficient (Wildman–Crippen LogP) is 3.30. The highest BCUT2D eigenvalue weighted by molar-refractivity contribution is 7.90. The van der Waals surface area contributed by atoms with Gasteiger partial charge in [0.05, 0.1) is 11.2 Å². The first-order chi connectivity index (χ1) is 17.3. The molecule has 10 heteroatoms. The normalized spacial score (nSPS) is 18.6. The minimum absolute atomic E-state index is 0.134. The molecule has 0 spiro atoms. The Labute approximate surface area is 208 Å². The number of pyridine rings is 1. The van der Waals surface area contributed by atoms with Crippen LogP contribution in [0.2, 0.25) is 0 Å². The number of amidine groups is 1. The zero-order valence-corrected chi connectivity index (χ0v) is 20.4. The third kappa shape index (κ3) is 3.85. The number of hydrogen-bond acceptors (Lipinski definition) is 6. The molecular weight excluding hydrogens is 480 g/mol. The highest BCUT2D eigenvalue weighted by Gasteiger charge is 2.32. The summed E-state index contributed by atoms with van der Waals surface area (Å²) < 4.78 is 31.9. The van der Waals surface area contributed by atoms with Crippen molar-refractivity contribution in [3.8, 4) is 5.75 Å². The summed E-state index contributed by atoms with van der Waals surface area (Å²) in [6.45, 7) is 1.77. The van der Waals surface area contributed by atoms with Crippen LogP contribution in [0.15, 0.2) is 56.6 Å². The van der Waals surface area contributed by atoms with E-state index in [1.807, 2.05) is 0 Å². The molecule has 2 N–H and O–H groups in total. The third-order valence-electron chi connectivity index (χ3n) is 7.20. The smallest absolute Gasteiger partial charge is 0.286 e. The van der Waals surface area contributed by atoms with Crippen molar-refractivity contribution in [3.63, 3.8) is 0 Å². The maximum atomic E-state index is 13.6. The van der Waals surface area contributed by atoms with Gasteiger partial charge in [0.25, 0.3) is 21.5 Å². The van der Waals surface area contributed by atoms with Gasteiger partial charge in [0.15, 0.2) is 5.84 Å². The Bertz CT molecular complexity index is 1600. The molecule has 0 radical (unpaired) electrons. The van der Waals surface area contributed by atoms with E-state index in [9.17, 15) is 23.1 Å². The fourth-order valence-corrected chi connectivity index (χ4v) is 6.19. The zero-order chi connectivity index (χ0) is 25.0. The van der Waals surface area contributed by atoms with Crippen molar-refractivity contribution >= 4 is 38.4 Å². The van der Waals surface area contributed by atoms with Gasteiger partial charge >= 0.3 is 0 Å².